The van der Waals surface area contributed by atoms with Gasteiger partial charge in [0.05, 0.1) is 33.9 Å². The lowest BCUT2D eigenvalue weighted by atomic mass is 10.0. The smallest absolute Gasteiger partial charge is 0.311 e. The Kier molecular flexibility index (Phi) is 6.38. The molecule has 0 radical (unpaired) electrons. The van der Waals surface area contributed by atoms with Crippen LogP contribution in [0.25, 0.3) is 22.5 Å². The zero-order chi connectivity index (χ0) is 23.5. The third-order valence-corrected chi connectivity index (χ3v) is 5.46. The number of nitrogen functional groups attached to an aromatic ring is 1. The molecule has 33 heavy (non-hydrogen) atoms. The van der Waals surface area contributed by atoms with E-state index in [1.165, 1.54) is 12.1 Å². The van der Waals surface area contributed by atoms with E-state index in [9.17, 15) is 10.1 Å². The molecular formula is C21H18Cl2N8O2. The number of H-pyrrole nitrogens is 1. The quantitative estimate of drug-likeness (QED) is 0.246. The summed E-state index contributed by atoms with van der Waals surface area (Å²) in [7, 11) is 0. The van der Waals surface area contributed by atoms with Crippen molar-refractivity contribution in [3.63, 3.8) is 0 Å². The SMILES string of the molecule is CC(CNc1ccc([N+](=O)[O-])c(N)n1)c1ncc(-c2cnc[nH]2)c(-c2ccc(Cl)cc2Cl)n1. The van der Waals surface area contributed by atoms with E-state index < -0.39 is 4.92 Å². The summed E-state index contributed by atoms with van der Waals surface area (Å²) in [6.07, 6.45) is 4.97. The number of nitrogens with one attached hydrogen (secondary N) is 2. The Hall–Kier alpha value is -3.76. The maximum Gasteiger partial charge on any atom is 0.311 e. The summed E-state index contributed by atoms with van der Waals surface area (Å²) >= 11 is 12.5. The van der Waals surface area contributed by atoms with E-state index in [2.05, 4.69) is 25.3 Å². The fraction of sp³-hybridized carbons (Fsp3) is 0.143. The molecule has 4 rings (SSSR count). The largest absolute Gasteiger partial charge is 0.378 e. The van der Waals surface area contributed by atoms with Crippen molar-refractivity contribution >= 4 is 40.5 Å². The molecule has 1 unspecified atom stereocenters. The van der Waals surface area contributed by atoms with Gasteiger partial charge in [0.1, 0.15) is 11.6 Å². The molecule has 0 saturated heterocycles. The van der Waals surface area contributed by atoms with Crippen LogP contribution in [0.4, 0.5) is 17.3 Å². The number of aromatic amines is 1. The Morgan fingerprint density at radius 2 is 2.00 bits per heavy atom. The highest BCUT2D eigenvalue weighted by Gasteiger charge is 2.19. The number of aromatic nitrogens is 5. The maximum atomic E-state index is 10.9. The molecule has 0 aliphatic rings. The lowest BCUT2D eigenvalue weighted by molar-refractivity contribution is -0.384. The van der Waals surface area contributed by atoms with E-state index in [0.29, 0.717) is 39.5 Å². The normalized spacial score (nSPS) is 11.8. The number of rotatable bonds is 7. The predicted molar refractivity (Wildman–Crippen MR) is 127 cm³/mol. The van der Waals surface area contributed by atoms with Gasteiger partial charge in [0.15, 0.2) is 0 Å². The Morgan fingerprint density at radius 1 is 1.18 bits per heavy atom. The highest BCUT2D eigenvalue weighted by atomic mass is 35.5. The Bertz CT molecular complexity index is 1310. The number of pyridine rings is 1. The summed E-state index contributed by atoms with van der Waals surface area (Å²) in [6, 6.07) is 8.03. The van der Waals surface area contributed by atoms with Gasteiger partial charge in [0, 0.05) is 40.9 Å². The molecule has 0 spiro atoms. The number of nitrogens with two attached hydrogens (primary N) is 1. The van der Waals surface area contributed by atoms with Gasteiger partial charge in [0.25, 0.3) is 0 Å². The molecule has 4 N–H and O–H groups in total. The van der Waals surface area contributed by atoms with Crippen LogP contribution in [0.3, 0.4) is 0 Å². The van der Waals surface area contributed by atoms with Gasteiger partial charge >= 0.3 is 5.69 Å². The van der Waals surface area contributed by atoms with Gasteiger partial charge in [-0.25, -0.2) is 19.9 Å². The number of anilines is 2. The first-order chi connectivity index (χ1) is 15.8. The first kappa shape index (κ1) is 22.4. The number of hydrogen-bond donors (Lipinski definition) is 3. The van der Waals surface area contributed by atoms with Crippen molar-refractivity contribution in [2.24, 2.45) is 0 Å². The van der Waals surface area contributed by atoms with Crippen molar-refractivity contribution in [2.45, 2.75) is 12.8 Å². The fourth-order valence-corrected chi connectivity index (χ4v) is 3.69. The van der Waals surface area contributed by atoms with E-state index >= 15 is 0 Å². The van der Waals surface area contributed by atoms with Crippen LogP contribution < -0.4 is 11.1 Å². The minimum atomic E-state index is -0.576. The molecule has 168 valence electrons. The Balaban J connectivity index is 1.63. The van der Waals surface area contributed by atoms with Crippen molar-refractivity contribution in [3.05, 3.63) is 75.0 Å². The number of benzene rings is 1. The molecular weight excluding hydrogens is 467 g/mol. The molecule has 3 aromatic heterocycles. The van der Waals surface area contributed by atoms with Gasteiger partial charge in [-0.05, 0) is 24.3 Å². The number of nitrogens with zero attached hydrogens (tertiary/aromatic N) is 5. The Labute approximate surface area is 198 Å². The van der Waals surface area contributed by atoms with E-state index in [0.717, 1.165) is 11.3 Å². The second kappa shape index (κ2) is 9.39. The Morgan fingerprint density at radius 3 is 2.67 bits per heavy atom. The van der Waals surface area contributed by atoms with Crippen LogP contribution in [0, 0.1) is 10.1 Å². The second-order valence-corrected chi connectivity index (χ2v) is 8.06. The van der Waals surface area contributed by atoms with E-state index in [-0.39, 0.29) is 17.4 Å². The van der Waals surface area contributed by atoms with Crippen molar-refractivity contribution in [1.29, 1.82) is 0 Å². The summed E-state index contributed by atoms with van der Waals surface area (Å²) in [5.41, 5.74) is 8.26. The lowest BCUT2D eigenvalue weighted by Gasteiger charge is -2.16. The number of halogens is 2. The van der Waals surface area contributed by atoms with Crippen LogP contribution in [0.15, 0.2) is 49.1 Å². The molecule has 0 bridgehead atoms. The van der Waals surface area contributed by atoms with Gasteiger partial charge in [0.2, 0.25) is 5.82 Å². The van der Waals surface area contributed by atoms with Crippen molar-refractivity contribution in [3.8, 4) is 22.5 Å². The van der Waals surface area contributed by atoms with Gasteiger partial charge in [-0.2, -0.15) is 0 Å². The van der Waals surface area contributed by atoms with Crippen LogP contribution in [0.1, 0.15) is 18.7 Å². The summed E-state index contributed by atoms with van der Waals surface area (Å²) in [4.78, 5) is 30.8. The topological polar surface area (TPSA) is 149 Å². The zero-order valence-electron chi connectivity index (χ0n) is 17.3. The molecule has 10 nitrogen and oxygen atoms in total. The van der Waals surface area contributed by atoms with Gasteiger partial charge in [-0.3, -0.25) is 10.1 Å². The predicted octanol–water partition coefficient (Wildman–Crippen LogP) is 4.94. The average molecular weight is 485 g/mol. The van der Waals surface area contributed by atoms with Crippen LogP contribution in [-0.4, -0.2) is 36.4 Å². The van der Waals surface area contributed by atoms with Crippen molar-refractivity contribution < 1.29 is 4.92 Å². The molecule has 4 aromatic rings. The summed E-state index contributed by atoms with van der Waals surface area (Å²) in [5.74, 6) is 0.697. The van der Waals surface area contributed by atoms with Crippen LogP contribution in [-0.2, 0) is 0 Å². The number of hydrogen-bond acceptors (Lipinski definition) is 8. The maximum absolute atomic E-state index is 10.9. The molecule has 12 heteroatoms. The standard InChI is InChI=1S/C21H18Cl2N8O2/c1-11(7-26-18-5-4-17(31(32)33)20(24)29-18)21-27-8-14(16-9-25-10-28-16)19(30-21)13-3-2-12(22)6-15(13)23/h2-6,8-11H,7H2,1H3,(H,25,28)(H3,24,26,29). The van der Waals surface area contributed by atoms with Gasteiger partial charge in [-0.15, -0.1) is 0 Å². The molecule has 0 aliphatic heterocycles. The van der Waals surface area contributed by atoms with Gasteiger partial charge < -0.3 is 16.0 Å². The highest BCUT2D eigenvalue weighted by molar-refractivity contribution is 6.36. The molecule has 3 heterocycles. The van der Waals surface area contributed by atoms with Crippen molar-refractivity contribution in [2.75, 3.05) is 17.6 Å². The summed E-state index contributed by atoms with van der Waals surface area (Å²) in [6.45, 7) is 2.36. The molecule has 0 amide bonds. The third kappa shape index (κ3) is 4.86. The van der Waals surface area contributed by atoms with Crippen LogP contribution >= 0.6 is 23.2 Å². The molecule has 1 atom stereocenters. The number of imidazole rings is 1. The molecule has 0 saturated carbocycles. The minimum Gasteiger partial charge on any atom is -0.378 e. The second-order valence-electron chi connectivity index (χ2n) is 7.22. The van der Waals surface area contributed by atoms with Gasteiger partial charge in [-0.1, -0.05) is 30.1 Å². The van der Waals surface area contributed by atoms with E-state index in [4.69, 9.17) is 33.9 Å². The molecule has 0 fully saturated rings. The van der Waals surface area contributed by atoms with Crippen molar-refractivity contribution in [1.82, 2.24) is 24.9 Å². The first-order valence-corrected chi connectivity index (χ1v) is 10.5. The van der Waals surface area contributed by atoms with Crippen LogP contribution in [0.5, 0.6) is 0 Å². The molecule has 1 aromatic carbocycles. The first-order valence-electron chi connectivity index (χ1n) is 9.79. The monoisotopic (exact) mass is 484 g/mol. The van der Waals surface area contributed by atoms with Crippen LogP contribution in [0.2, 0.25) is 10.0 Å². The summed E-state index contributed by atoms with van der Waals surface area (Å²) in [5, 5.41) is 15.0. The van der Waals surface area contributed by atoms with E-state index in [1.54, 1.807) is 30.9 Å². The fourth-order valence-electron chi connectivity index (χ4n) is 3.19. The summed E-state index contributed by atoms with van der Waals surface area (Å²) < 4.78 is 0. The minimum absolute atomic E-state index is 0.135. The highest BCUT2D eigenvalue weighted by Crippen LogP contribution is 2.35. The van der Waals surface area contributed by atoms with E-state index in [1.807, 2.05) is 13.0 Å². The zero-order valence-corrected chi connectivity index (χ0v) is 18.8. The lowest BCUT2D eigenvalue weighted by Crippen LogP contribution is -2.14. The third-order valence-electron chi connectivity index (χ3n) is 4.91. The number of nitro groups is 1. The average Bonchev–Trinajstić information content (AvgIpc) is 3.31. The molecule has 0 aliphatic carbocycles.